The average molecular weight is 238 g/mol. The highest BCUT2D eigenvalue weighted by molar-refractivity contribution is 5.74. The Morgan fingerprint density at radius 1 is 1.53 bits per heavy atom. The Balaban J connectivity index is 3.12. The molecule has 1 aromatic carbocycles. The zero-order valence-corrected chi connectivity index (χ0v) is 9.71. The summed E-state index contributed by atoms with van der Waals surface area (Å²) < 4.78 is 0. The van der Waals surface area contributed by atoms with Gasteiger partial charge in [-0.15, -0.1) is 0 Å². The van der Waals surface area contributed by atoms with Gasteiger partial charge in [0.25, 0.3) is 5.69 Å². The van der Waals surface area contributed by atoms with Crippen LogP contribution in [0.2, 0.25) is 0 Å². The number of nitro groups is 1. The lowest BCUT2D eigenvalue weighted by atomic mass is 10.1. The van der Waals surface area contributed by atoms with E-state index in [1.807, 2.05) is 0 Å². The summed E-state index contributed by atoms with van der Waals surface area (Å²) in [6, 6.07) is 4.44. The van der Waals surface area contributed by atoms with E-state index in [2.05, 4.69) is 0 Å². The zero-order chi connectivity index (χ0) is 13.0. The van der Waals surface area contributed by atoms with E-state index in [0.717, 1.165) is 5.56 Å². The molecule has 0 bridgehead atoms. The molecule has 0 saturated carbocycles. The second-order valence-electron chi connectivity index (χ2n) is 3.64. The molecule has 0 heterocycles. The van der Waals surface area contributed by atoms with Gasteiger partial charge in [-0.1, -0.05) is 6.07 Å². The van der Waals surface area contributed by atoms with Crippen LogP contribution in [-0.2, 0) is 4.79 Å². The number of aryl methyl sites for hydroxylation is 1. The number of anilines is 1. The summed E-state index contributed by atoms with van der Waals surface area (Å²) in [5.41, 5.74) is 1.37. The number of hydrogen-bond donors (Lipinski definition) is 1. The van der Waals surface area contributed by atoms with Gasteiger partial charge in [-0.3, -0.25) is 14.9 Å². The van der Waals surface area contributed by atoms with Crippen molar-refractivity contribution in [3.63, 3.8) is 0 Å². The van der Waals surface area contributed by atoms with Crippen molar-refractivity contribution < 1.29 is 14.8 Å². The molecule has 0 unspecified atom stereocenters. The number of aliphatic carboxylic acids is 1. The first kappa shape index (κ1) is 13.0. The highest BCUT2D eigenvalue weighted by Crippen LogP contribution is 2.25. The van der Waals surface area contributed by atoms with Crippen LogP contribution in [0.4, 0.5) is 11.4 Å². The fourth-order valence-corrected chi connectivity index (χ4v) is 1.58. The van der Waals surface area contributed by atoms with Gasteiger partial charge in [0.15, 0.2) is 0 Å². The van der Waals surface area contributed by atoms with E-state index in [1.54, 1.807) is 24.8 Å². The molecular weight excluding hydrogens is 224 g/mol. The van der Waals surface area contributed by atoms with Crippen LogP contribution in [0.1, 0.15) is 12.5 Å². The quantitative estimate of drug-likeness (QED) is 0.624. The molecular formula is C11H14N2O4. The molecule has 1 rings (SSSR count). The predicted molar refractivity (Wildman–Crippen MR) is 63.4 cm³/mol. The lowest BCUT2D eigenvalue weighted by Crippen LogP contribution is -2.29. The van der Waals surface area contributed by atoms with Crippen molar-refractivity contribution >= 4 is 17.3 Å². The molecule has 6 nitrogen and oxygen atoms in total. The number of carbonyl (C=O) groups is 1. The van der Waals surface area contributed by atoms with E-state index >= 15 is 0 Å². The minimum atomic E-state index is -0.960. The summed E-state index contributed by atoms with van der Waals surface area (Å²) in [6.07, 6.45) is 0. The second kappa shape index (κ2) is 5.29. The molecule has 92 valence electrons. The summed E-state index contributed by atoms with van der Waals surface area (Å²) in [6.45, 7) is 3.91. The lowest BCUT2D eigenvalue weighted by molar-refractivity contribution is -0.384. The second-order valence-corrected chi connectivity index (χ2v) is 3.64. The SMILES string of the molecule is CCN(CC(=O)O)c1cc([N+](=O)[O-])ccc1C. The summed E-state index contributed by atoms with van der Waals surface area (Å²) >= 11 is 0. The van der Waals surface area contributed by atoms with Crippen molar-refractivity contribution in [3.05, 3.63) is 33.9 Å². The van der Waals surface area contributed by atoms with Crippen LogP contribution < -0.4 is 4.90 Å². The Hall–Kier alpha value is -2.11. The summed E-state index contributed by atoms with van der Waals surface area (Å²) in [4.78, 5) is 22.5. The molecule has 0 aromatic heterocycles. The predicted octanol–water partition coefficient (Wildman–Crippen LogP) is 1.81. The van der Waals surface area contributed by atoms with Crippen molar-refractivity contribution in [2.24, 2.45) is 0 Å². The van der Waals surface area contributed by atoms with Crippen LogP contribution in [-0.4, -0.2) is 29.1 Å². The van der Waals surface area contributed by atoms with Gasteiger partial charge in [0.1, 0.15) is 6.54 Å². The summed E-state index contributed by atoms with van der Waals surface area (Å²) in [5.74, 6) is -0.960. The zero-order valence-electron chi connectivity index (χ0n) is 9.71. The molecule has 0 amide bonds. The fourth-order valence-electron chi connectivity index (χ4n) is 1.58. The summed E-state index contributed by atoms with van der Waals surface area (Å²) in [7, 11) is 0. The minimum absolute atomic E-state index is 0.0329. The number of carboxylic acids is 1. The van der Waals surface area contributed by atoms with E-state index in [-0.39, 0.29) is 12.2 Å². The van der Waals surface area contributed by atoms with Crippen molar-refractivity contribution in [3.8, 4) is 0 Å². The average Bonchev–Trinajstić information content (AvgIpc) is 2.26. The van der Waals surface area contributed by atoms with Crippen LogP contribution >= 0.6 is 0 Å². The molecule has 0 atom stereocenters. The van der Waals surface area contributed by atoms with E-state index in [0.29, 0.717) is 12.2 Å². The maximum Gasteiger partial charge on any atom is 0.323 e. The van der Waals surface area contributed by atoms with Gasteiger partial charge < -0.3 is 10.0 Å². The van der Waals surface area contributed by atoms with Crippen molar-refractivity contribution in [1.82, 2.24) is 0 Å². The minimum Gasteiger partial charge on any atom is -0.480 e. The highest BCUT2D eigenvalue weighted by atomic mass is 16.6. The maximum atomic E-state index is 10.7. The van der Waals surface area contributed by atoms with Crippen LogP contribution in [0.25, 0.3) is 0 Å². The van der Waals surface area contributed by atoms with E-state index in [1.165, 1.54) is 12.1 Å². The van der Waals surface area contributed by atoms with Gasteiger partial charge in [0.05, 0.1) is 4.92 Å². The molecule has 0 fully saturated rings. The van der Waals surface area contributed by atoms with Gasteiger partial charge in [0, 0.05) is 24.4 Å². The molecule has 1 aromatic rings. The number of benzene rings is 1. The van der Waals surface area contributed by atoms with E-state index in [9.17, 15) is 14.9 Å². The van der Waals surface area contributed by atoms with Crippen molar-refractivity contribution in [2.75, 3.05) is 18.0 Å². The number of rotatable bonds is 5. The normalized spacial score (nSPS) is 10.0. The standard InChI is InChI=1S/C11H14N2O4/c1-3-12(7-11(14)15)10-6-9(13(16)17)5-4-8(10)2/h4-6H,3,7H2,1-2H3,(H,14,15). The van der Waals surface area contributed by atoms with Crippen LogP contribution in [0.5, 0.6) is 0 Å². The molecule has 0 spiro atoms. The Labute approximate surface area is 98.6 Å². The van der Waals surface area contributed by atoms with Gasteiger partial charge in [-0.25, -0.2) is 0 Å². The molecule has 1 N–H and O–H groups in total. The maximum absolute atomic E-state index is 10.7. The van der Waals surface area contributed by atoms with Gasteiger partial charge in [-0.05, 0) is 19.4 Å². The van der Waals surface area contributed by atoms with Crippen LogP contribution in [0.15, 0.2) is 18.2 Å². The highest BCUT2D eigenvalue weighted by Gasteiger charge is 2.15. The largest absolute Gasteiger partial charge is 0.480 e. The van der Waals surface area contributed by atoms with Crippen molar-refractivity contribution in [1.29, 1.82) is 0 Å². The first-order valence-electron chi connectivity index (χ1n) is 5.17. The van der Waals surface area contributed by atoms with E-state index < -0.39 is 10.9 Å². The number of carboxylic acid groups (broad SMARTS) is 1. The first-order chi connectivity index (χ1) is 7.95. The Bertz CT molecular complexity index is 445. The third kappa shape index (κ3) is 3.17. The number of nitrogens with zero attached hydrogens (tertiary/aromatic N) is 2. The number of likely N-dealkylation sites (N-methyl/N-ethyl adjacent to an activating group) is 1. The molecule has 0 aliphatic heterocycles. The summed E-state index contributed by atoms with van der Waals surface area (Å²) in [5, 5.41) is 19.4. The topological polar surface area (TPSA) is 83.7 Å². The fraction of sp³-hybridized carbons (Fsp3) is 0.364. The van der Waals surface area contributed by atoms with Crippen molar-refractivity contribution in [2.45, 2.75) is 13.8 Å². The van der Waals surface area contributed by atoms with Crippen LogP contribution in [0.3, 0.4) is 0 Å². The third-order valence-corrected chi connectivity index (χ3v) is 2.45. The molecule has 17 heavy (non-hydrogen) atoms. The van der Waals surface area contributed by atoms with E-state index in [4.69, 9.17) is 5.11 Å². The van der Waals surface area contributed by atoms with Gasteiger partial charge in [0.2, 0.25) is 0 Å². The number of hydrogen-bond acceptors (Lipinski definition) is 4. The Morgan fingerprint density at radius 2 is 2.18 bits per heavy atom. The van der Waals surface area contributed by atoms with Gasteiger partial charge in [-0.2, -0.15) is 0 Å². The molecule has 0 radical (unpaired) electrons. The molecule has 0 aliphatic carbocycles. The third-order valence-electron chi connectivity index (χ3n) is 2.45. The molecule has 0 saturated heterocycles. The first-order valence-corrected chi connectivity index (χ1v) is 5.17. The monoisotopic (exact) mass is 238 g/mol. The smallest absolute Gasteiger partial charge is 0.323 e. The Morgan fingerprint density at radius 3 is 2.65 bits per heavy atom. The number of non-ortho nitro benzene ring substituents is 1. The van der Waals surface area contributed by atoms with Gasteiger partial charge >= 0.3 is 5.97 Å². The van der Waals surface area contributed by atoms with Crippen LogP contribution in [0, 0.1) is 17.0 Å². The number of nitro benzene ring substituents is 1. The Kier molecular flexibility index (Phi) is 4.03. The lowest BCUT2D eigenvalue weighted by Gasteiger charge is -2.22. The molecule has 6 heteroatoms. The molecule has 0 aliphatic rings.